The zero-order valence-corrected chi connectivity index (χ0v) is 15.1. The lowest BCUT2D eigenvalue weighted by molar-refractivity contribution is -0.0760. The lowest BCUT2D eigenvalue weighted by Crippen LogP contribution is -2.27. The van der Waals surface area contributed by atoms with Gasteiger partial charge in [-0.2, -0.15) is 0 Å². The number of fused-ring (bicyclic) bond motifs is 1. The molecule has 0 N–H and O–H groups in total. The summed E-state index contributed by atoms with van der Waals surface area (Å²) in [6, 6.07) is 6.02. The molecular weight excluding hydrogens is 347 g/mol. The van der Waals surface area contributed by atoms with Crippen LogP contribution in [0.2, 0.25) is 5.02 Å². The summed E-state index contributed by atoms with van der Waals surface area (Å²) in [5.41, 5.74) is 1.84. The molecule has 132 valence electrons. The monoisotopic (exact) mass is 364 g/mol. The Bertz CT molecular complexity index is 854. The van der Waals surface area contributed by atoms with E-state index in [2.05, 4.69) is 4.98 Å². The van der Waals surface area contributed by atoms with Crippen molar-refractivity contribution in [1.82, 2.24) is 10.0 Å². The Hall–Kier alpha value is -2.18. The quantitative estimate of drug-likeness (QED) is 0.776. The average Bonchev–Trinajstić information content (AvgIpc) is 2.90. The van der Waals surface area contributed by atoms with Crippen molar-refractivity contribution < 1.29 is 18.8 Å². The first-order chi connectivity index (χ1) is 11.7. The van der Waals surface area contributed by atoms with Crippen LogP contribution in [-0.4, -0.2) is 36.7 Å². The van der Waals surface area contributed by atoms with E-state index < -0.39 is 5.82 Å². The third kappa shape index (κ3) is 3.07. The van der Waals surface area contributed by atoms with Gasteiger partial charge in [0.25, 0.3) is 5.91 Å². The summed E-state index contributed by atoms with van der Waals surface area (Å²) in [5, 5.41) is 1.08. The number of carbonyl (C=O) groups excluding carboxylic acids is 1. The second-order valence-electron chi connectivity index (χ2n) is 6.52. The van der Waals surface area contributed by atoms with Gasteiger partial charge in [-0.1, -0.05) is 25.4 Å². The van der Waals surface area contributed by atoms with E-state index in [1.165, 1.54) is 26.3 Å². The second kappa shape index (κ2) is 6.28. The number of hydroxylamine groups is 2. The SMILES string of the molecule is CON(C)C(=O)c1cc2c(c(-c3ccc(F)c(Cl)c3)n1)OCC2(C)C. The lowest BCUT2D eigenvalue weighted by atomic mass is 9.86. The smallest absolute Gasteiger partial charge is 0.295 e. The van der Waals surface area contributed by atoms with E-state index >= 15 is 0 Å². The Morgan fingerprint density at radius 1 is 1.40 bits per heavy atom. The fraction of sp³-hybridized carbons (Fsp3) is 0.333. The van der Waals surface area contributed by atoms with Crippen LogP contribution in [0.1, 0.15) is 29.9 Å². The van der Waals surface area contributed by atoms with Crippen LogP contribution in [0.5, 0.6) is 5.75 Å². The highest BCUT2D eigenvalue weighted by Crippen LogP contribution is 2.44. The average molecular weight is 365 g/mol. The summed E-state index contributed by atoms with van der Waals surface area (Å²) in [4.78, 5) is 21.9. The van der Waals surface area contributed by atoms with Crippen molar-refractivity contribution in [3.05, 3.63) is 46.4 Å². The molecule has 0 unspecified atom stereocenters. The molecule has 0 saturated heterocycles. The minimum absolute atomic E-state index is 0.0175. The molecular formula is C18H18ClFN2O3. The van der Waals surface area contributed by atoms with E-state index in [1.807, 2.05) is 13.8 Å². The van der Waals surface area contributed by atoms with E-state index in [4.69, 9.17) is 21.2 Å². The van der Waals surface area contributed by atoms with E-state index in [0.717, 1.165) is 10.6 Å². The Morgan fingerprint density at radius 3 is 2.76 bits per heavy atom. The molecule has 0 saturated carbocycles. The van der Waals surface area contributed by atoms with Crippen molar-refractivity contribution in [3.63, 3.8) is 0 Å². The van der Waals surface area contributed by atoms with E-state index in [9.17, 15) is 9.18 Å². The summed E-state index contributed by atoms with van der Waals surface area (Å²) in [7, 11) is 2.91. The van der Waals surface area contributed by atoms with Gasteiger partial charge in [0.2, 0.25) is 0 Å². The number of hydrogen-bond acceptors (Lipinski definition) is 4. The van der Waals surface area contributed by atoms with Crippen molar-refractivity contribution in [2.24, 2.45) is 0 Å². The highest BCUT2D eigenvalue weighted by Gasteiger charge is 2.36. The van der Waals surface area contributed by atoms with Crippen LogP contribution >= 0.6 is 11.6 Å². The van der Waals surface area contributed by atoms with Gasteiger partial charge in [-0.25, -0.2) is 14.4 Å². The largest absolute Gasteiger partial charge is 0.490 e. The van der Waals surface area contributed by atoms with Crippen LogP contribution in [-0.2, 0) is 10.3 Å². The number of carbonyl (C=O) groups is 1. The molecule has 25 heavy (non-hydrogen) atoms. The third-order valence-corrected chi connectivity index (χ3v) is 4.54. The summed E-state index contributed by atoms with van der Waals surface area (Å²) in [6.45, 7) is 4.51. The van der Waals surface area contributed by atoms with E-state index in [1.54, 1.807) is 12.1 Å². The van der Waals surface area contributed by atoms with Crippen molar-refractivity contribution in [2.45, 2.75) is 19.3 Å². The zero-order valence-electron chi connectivity index (χ0n) is 14.4. The molecule has 1 amide bonds. The third-order valence-electron chi connectivity index (χ3n) is 4.25. The van der Waals surface area contributed by atoms with Gasteiger partial charge in [0.1, 0.15) is 23.0 Å². The van der Waals surface area contributed by atoms with Crippen LogP contribution < -0.4 is 4.74 Å². The highest BCUT2D eigenvalue weighted by molar-refractivity contribution is 6.31. The molecule has 1 aliphatic rings. The van der Waals surface area contributed by atoms with Gasteiger partial charge < -0.3 is 4.74 Å². The number of rotatable bonds is 3. The lowest BCUT2D eigenvalue weighted by Gasteiger charge is -2.18. The van der Waals surface area contributed by atoms with Crippen molar-refractivity contribution in [2.75, 3.05) is 20.8 Å². The fourth-order valence-electron chi connectivity index (χ4n) is 2.71. The number of hydrogen-bond donors (Lipinski definition) is 0. The highest BCUT2D eigenvalue weighted by atomic mass is 35.5. The number of pyridine rings is 1. The summed E-state index contributed by atoms with van der Waals surface area (Å²) in [6.07, 6.45) is 0. The Labute approximate surface area is 150 Å². The first kappa shape index (κ1) is 17.6. The molecule has 1 aliphatic heterocycles. The van der Waals surface area contributed by atoms with Gasteiger partial charge in [0, 0.05) is 23.6 Å². The molecule has 0 fully saturated rings. The topological polar surface area (TPSA) is 51.7 Å². The fourth-order valence-corrected chi connectivity index (χ4v) is 2.89. The van der Waals surface area contributed by atoms with Crippen LogP contribution in [0.25, 0.3) is 11.3 Å². The molecule has 0 spiro atoms. The molecule has 7 heteroatoms. The van der Waals surface area contributed by atoms with Gasteiger partial charge >= 0.3 is 0 Å². The first-order valence-corrected chi connectivity index (χ1v) is 8.08. The Kier molecular flexibility index (Phi) is 4.43. The van der Waals surface area contributed by atoms with Gasteiger partial charge in [0.05, 0.1) is 18.7 Å². The predicted octanol–water partition coefficient (Wildman–Crippen LogP) is 3.84. The van der Waals surface area contributed by atoms with Gasteiger partial charge in [-0.3, -0.25) is 9.63 Å². The van der Waals surface area contributed by atoms with E-state index in [0.29, 0.717) is 23.6 Å². The molecule has 3 rings (SSSR count). The van der Waals surface area contributed by atoms with Crippen molar-refractivity contribution >= 4 is 17.5 Å². The molecule has 0 bridgehead atoms. The molecule has 1 aromatic heterocycles. The molecule has 0 radical (unpaired) electrons. The molecule has 0 aliphatic carbocycles. The number of halogens is 2. The summed E-state index contributed by atoms with van der Waals surface area (Å²) in [5.74, 6) is -0.318. The number of nitrogens with zero attached hydrogens (tertiary/aromatic N) is 2. The maximum absolute atomic E-state index is 13.5. The minimum atomic E-state index is -0.519. The molecule has 5 nitrogen and oxygen atoms in total. The Morgan fingerprint density at radius 2 is 2.12 bits per heavy atom. The Balaban J connectivity index is 2.22. The standard InChI is InChI=1S/C18H18ClFN2O3/c1-18(2)9-25-16-11(18)8-14(17(23)22(3)24-4)21-15(16)10-5-6-13(20)12(19)7-10/h5-8H,9H2,1-4H3. The normalized spacial score (nSPS) is 14.8. The van der Waals surface area contributed by atoms with Crippen LogP contribution in [0.4, 0.5) is 4.39 Å². The maximum Gasteiger partial charge on any atom is 0.295 e. The zero-order chi connectivity index (χ0) is 18.4. The second-order valence-corrected chi connectivity index (χ2v) is 6.93. The number of amides is 1. The maximum atomic E-state index is 13.5. The number of ether oxygens (including phenoxy) is 1. The van der Waals surface area contributed by atoms with Crippen LogP contribution in [0.3, 0.4) is 0 Å². The van der Waals surface area contributed by atoms with Gasteiger partial charge in [0.15, 0.2) is 0 Å². The van der Waals surface area contributed by atoms with Crippen LogP contribution in [0.15, 0.2) is 24.3 Å². The van der Waals surface area contributed by atoms with Gasteiger partial charge in [-0.05, 0) is 24.3 Å². The molecule has 0 atom stereocenters. The number of aromatic nitrogens is 1. The minimum Gasteiger partial charge on any atom is -0.490 e. The van der Waals surface area contributed by atoms with Gasteiger partial charge in [-0.15, -0.1) is 0 Å². The number of benzene rings is 1. The molecule has 1 aromatic carbocycles. The van der Waals surface area contributed by atoms with E-state index in [-0.39, 0.29) is 22.0 Å². The van der Waals surface area contributed by atoms with Crippen LogP contribution in [0, 0.1) is 5.82 Å². The molecule has 2 aromatic rings. The molecule has 2 heterocycles. The first-order valence-electron chi connectivity index (χ1n) is 7.70. The summed E-state index contributed by atoms with van der Waals surface area (Å²) < 4.78 is 19.3. The summed E-state index contributed by atoms with van der Waals surface area (Å²) >= 11 is 5.91. The van der Waals surface area contributed by atoms with Crippen molar-refractivity contribution in [3.8, 4) is 17.0 Å². The predicted molar refractivity (Wildman–Crippen MR) is 92.3 cm³/mol. The van der Waals surface area contributed by atoms with Crippen molar-refractivity contribution in [1.29, 1.82) is 0 Å².